The molecule has 0 saturated carbocycles. The summed E-state index contributed by atoms with van der Waals surface area (Å²) in [6, 6.07) is 8.73. The molecule has 1 aromatic carbocycles. The van der Waals surface area contributed by atoms with Gasteiger partial charge in [-0.15, -0.1) is 11.3 Å². The Morgan fingerprint density at radius 2 is 1.69 bits per heavy atom. The van der Waals surface area contributed by atoms with Crippen molar-refractivity contribution in [2.75, 3.05) is 24.4 Å². The monoisotopic (exact) mass is 456 g/mol. The van der Waals surface area contributed by atoms with Crippen molar-refractivity contribution in [3.8, 4) is 0 Å². The SMILES string of the molecule is O=C(OCC(=O)N1CCCCCC1)c1ccc(NS(=O)(=O)c2ccc(Cl)s2)cc1. The Hall–Kier alpha value is -2.10. The number of sulfonamides is 1. The van der Waals surface area contributed by atoms with Crippen LogP contribution in [0.4, 0.5) is 5.69 Å². The van der Waals surface area contributed by atoms with E-state index in [0.717, 1.165) is 37.0 Å². The molecule has 1 N–H and O–H groups in total. The molecule has 0 spiro atoms. The van der Waals surface area contributed by atoms with Gasteiger partial charge in [0.25, 0.3) is 15.9 Å². The topological polar surface area (TPSA) is 92.8 Å². The Labute approximate surface area is 178 Å². The van der Waals surface area contributed by atoms with Gasteiger partial charge in [0.1, 0.15) is 4.21 Å². The normalized spacial score (nSPS) is 14.9. The molecule has 156 valence electrons. The molecule has 1 aromatic heterocycles. The van der Waals surface area contributed by atoms with Crippen molar-refractivity contribution in [1.82, 2.24) is 4.90 Å². The van der Waals surface area contributed by atoms with Crippen molar-refractivity contribution in [2.24, 2.45) is 0 Å². The van der Waals surface area contributed by atoms with E-state index in [1.54, 1.807) is 4.90 Å². The molecule has 3 rings (SSSR count). The van der Waals surface area contributed by atoms with Gasteiger partial charge in [0.15, 0.2) is 6.61 Å². The van der Waals surface area contributed by atoms with E-state index in [1.165, 1.54) is 36.4 Å². The second kappa shape index (κ2) is 9.60. The average molecular weight is 457 g/mol. The Morgan fingerprint density at radius 3 is 2.28 bits per heavy atom. The summed E-state index contributed by atoms with van der Waals surface area (Å²) in [5, 5.41) is 0. The molecule has 10 heteroatoms. The van der Waals surface area contributed by atoms with E-state index in [1.807, 2.05) is 0 Å². The van der Waals surface area contributed by atoms with E-state index < -0.39 is 16.0 Å². The fourth-order valence-corrected chi connectivity index (χ4v) is 5.49. The maximum Gasteiger partial charge on any atom is 0.338 e. The van der Waals surface area contributed by atoms with Crippen LogP contribution in [0, 0.1) is 0 Å². The zero-order valence-electron chi connectivity index (χ0n) is 15.6. The van der Waals surface area contributed by atoms with E-state index in [0.29, 0.717) is 23.1 Å². The molecule has 1 fully saturated rings. The predicted octanol–water partition coefficient (Wildman–Crippen LogP) is 3.76. The van der Waals surface area contributed by atoms with Crippen LogP contribution in [-0.2, 0) is 19.6 Å². The van der Waals surface area contributed by atoms with E-state index in [2.05, 4.69) is 4.72 Å². The van der Waals surface area contributed by atoms with Crippen LogP contribution in [0.3, 0.4) is 0 Å². The summed E-state index contributed by atoms with van der Waals surface area (Å²) in [4.78, 5) is 26.1. The fraction of sp³-hybridized carbons (Fsp3) is 0.368. The number of amides is 1. The van der Waals surface area contributed by atoms with Crippen LogP contribution in [0.15, 0.2) is 40.6 Å². The number of nitrogens with zero attached hydrogens (tertiary/aromatic N) is 1. The molecule has 1 aliphatic heterocycles. The average Bonchev–Trinajstić information content (AvgIpc) is 2.97. The zero-order chi connectivity index (χ0) is 20.9. The van der Waals surface area contributed by atoms with Crippen molar-refractivity contribution in [1.29, 1.82) is 0 Å². The van der Waals surface area contributed by atoms with Crippen LogP contribution in [0.1, 0.15) is 36.0 Å². The summed E-state index contributed by atoms with van der Waals surface area (Å²) in [7, 11) is -3.74. The summed E-state index contributed by atoms with van der Waals surface area (Å²) in [6.07, 6.45) is 4.15. The van der Waals surface area contributed by atoms with Crippen LogP contribution in [0.5, 0.6) is 0 Å². The first-order valence-electron chi connectivity index (χ1n) is 9.18. The molecule has 2 aromatic rings. The molecular formula is C19H21ClN2O5S2. The molecule has 2 heterocycles. The maximum absolute atomic E-state index is 12.3. The van der Waals surface area contributed by atoms with Crippen LogP contribution in [-0.4, -0.2) is 44.9 Å². The quantitative estimate of drug-likeness (QED) is 0.668. The largest absolute Gasteiger partial charge is 0.452 e. The second-order valence-corrected chi connectivity index (χ2v) is 10.2. The van der Waals surface area contributed by atoms with Gasteiger partial charge in [-0.25, -0.2) is 13.2 Å². The number of rotatable bonds is 6. The molecule has 0 aliphatic carbocycles. The lowest BCUT2D eigenvalue weighted by Crippen LogP contribution is -2.35. The Morgan fingerprint density at radius 1 is 1.03 bits per heavy atom. The minimum Gasteiger partial charge on any atom is -0.452 e. The number of carbonyl (C=O) groups is 2. The second-order valence-electron chi connectivity index (χ2n) is 6.61. The number of halogens is 1. The highest BCUT2D eigenvalue weighted by atomic mass is 35.5. The van der Waals surface area contributed by atoms with E-state index in [-0.39, 0.29) is 22.3 Å². The number of anilines is 1. The van der Waals surface area contributed by atoms with Gasteiger partial charge in [-0.1, -0.05) is 24.4 Å². The molecule has 0 radical (unpaired) electrons. The van der Waals surface area contributed by atoms with Gasteiger partial charge < -0.3 is 9.64 Å². The van der Waals surface area contributed by atoms with Gasteiger partial charge in [-0.05, 0) is 49.2 Å². The van der Waals surface area contributed by atoms with Gasteiger partial charge >= 0.3 is 5.97 Å². The minimum atomic E-state index is -3.74. The van der Waals surface area contributed by atoms with E-state index in [4.69, 9.17) is 16.3 Å². The summed E-state index contributed by atoms with van der Waals surface area (Å²) in [5.74, 6) is -0.827. The van der Waals surface area contributed by atoms with Gasteiger partial charge in [-0.3, -0.25) is 9.52 Å². The highest BCUT2D eigenvalue weighted by molar-refractivity contribution is 7.94. The molecule has 0 atom stereocenters. The minimum absolute atomic E-state index is 0.0954. The van der Waals surface area contributed by atoms with Crippen molar-refractivity contribution in [2.45, 2.75) is 29.9 Å². The Kier molecular flexibility index (Phi) is 7.15. The van der Waals surface area contributed by atoms with Gasteiger partial charge in [0, 0.05) is 18.8 Å². The van der Waals surface area contributed by atoms with Crippen molar-refractivity contribution in [3.63, 3.8) is 0 Å². The number of hydrogen-bond donors (Lipinski definition) is 1. The summed E-state index contributed by atoms with van der Waals surface area (Å²) >= 11 is 6.73. The van der Waals surface area contributed by atoms with Crippen molar-refractivity contribution in [3.05, 3.63) is 46.3 Å². The van der Waals surface area contributed by atoms with Gasteiger partial charge in [0.2, 0.25) is 0 Å². The molecule has 0 unspecified atom stereocenters. The molecule has 1 aliphatic rings. The lowest BCUT2D eigenvalue weighted by atomic mass is 10.2. The Bertz CT molecular complexity index is 965. The predicted molar refractivity (Wildman–Crippen MR) is 112 cm³/mol. The molecule has 1 saturated heterocycles. The number of benzene rings is 1. The number of esters is 1. The van der Waals surface area contributed by atoms with Crippen LogP contribution in [0.25, 0.3) is 0 Å². The van der Waals surface area contributed by atoms with E-state index in [9.17, 15) is 18.0 Å². The number of nitrogens with one attached hydrogen (secondary N) is 1. The third-order valence-electron chi connectivity index (χ3n) is 4.47. The molecule has 0 bridgehead atoms. The highest BCUT2D eigenvalue weighted by Gasteiger charge is 2.19. The molecule has 1 amide bonds. The number of hydrogen-bond acceptors (Lipinski definition) is 6. The summed E-state index contributed by atoms with van der Waals surface area (Å²) in [5.41, 5.74) is 0.530. The van der Waals surface area contributed by atoms with E-state index >= 15 is 0 Å². The standard InChI is InChI=1S/C19H21ClN2O5S2/c20-16-9-10-18(28-16)29(25,26)21-15-7-5-14(6-8-15)19(24)27-13-17(23)22-11-3-1-2-4-12-22/h5-10,21H,1-4,11-13H2. The fourth-order valence-electron chi connectivity index (χ4n) is 2.94. The highest BCUT2D eigenvalue weighted by Crippen LogP contribution is 2.27. The van der Waals surface area contributed by atoms with Crippen molar-refractivity contribution >= 4 is 50.5 Å². The van der Waals surface area contributed by atoms with Crippen LogP contribution in [0.2, 0.25) is 4.34 Å². The van der Waals surface area contributed by atoms with Gasteiger partial charge in [-0.2, -0.15) is 0 Å². The summed E-state index contributed by atoms with van der Waals surface area (Å²) < 4.78 is 32.6. The third kappa shape index (κ3) is 5.94. The smallest absolute Gasteiger partial charge is 0.338 e. The maximum atomic E-state index is 12.3. The van der Waals surface area contributed by atoms with Crippen LogP contribution < -0.4 is 4.72 Å². The lowest BCUT2D eigenvalue weighted by molar-refractivity contribution is -0.134. The number of ether oxygens (including phenoxy) is 1. The Balaban J connectivity index is 1.55. The summed E-state index contributed by atoms with van der Waals surface area (Å²) in [6.45, 7) is 1.09. The zero-order valence-corrected chi connectivity index (χ0v) is 18.0. The first-order chi connectivity index (χ1) is 13.8. The van der Waals surface area contributed by atoms with Crippen molar-refractivity contribution < 1.29 is 22.7 Å². The number of thiophene rings is 1. The number of likely N-dealkylation sites (tertiary alicyclic amines) is 1. The lowest BCUT2D eigenvalue weighted by Gasteiger charge is -2.19. The molecule has 29 heavy (non-hydrogen) atoms. The number of carbonyl (C=O) groups excluding carboxylic acids is 2. The van der Waals surface area contributed by atoms with Gasteiger partial charge in [0.05, 0.1) is 9.90 Å². The van der Waals surface area contributed by atoms with Crippen LogP contribution >= 0.6 is 22.9 Å². The first kappa shape index (κ1) is 21.6. The molecule has 7 nitrogen and oxygen atoms in total. The first-order valence-corrected chi connectivity index (χ1v) is 11.9. The third-order valence-corrected chi connectivity index (χ3v) is 7.58. The molecular weight excluding hydrogens is 436 g/mol.